The van der Waals surface area contributed by atoms with Gasteiger partial charge in [-0.2, -0.15) is 0 Å². The van der Waals surface area contributed by atoms with Crippen LogP contribution in [0.3, 0.4) is 0 Å². The molecule has 0 heterocycles. The lowest BCUT2D eigenvalue weighted by Crippen LogP contribution is -2.27. The van der Waals surface area contributed by atoms with E-state index < -0.39 is 0 Å². The molecule has 0 aliphatic heterocycles. The van der Waals surface area contributed by atoms with Crippen molar-refractivity contribution in [1.82, 2.24) is 5.32 Å². The van der Waals surface area contributed by atoms with Crippen molar-refractivity contribution >= 4 is 11.7 Å². The first kappa shape index (κ1) is 22.5. The molecule has 0 radical (unpaired) electrons. The summed E-state index contributed by atoms with van der Waals surface area (Å²) in [6.07, 6.45) is 0.347. The van der Waals surface area contributed by atoms with E-state index in [9.17, 15) is 9.59 Å². The summed E-state index contributed by atoms with van der Waals surface area (Å²) in [6, 6.07) is 11.1. The van der Waals surface area contributed by atoms with Crippen molar-refractivity contribution in [2.45, 2.75) is 53.5 Å². The number of hydrogen-bond donors (Lipinski definition) is 1. The van der Waals surface area contributed by atoms with Crippen LogP contribution in [0.5, 0.6) is 11.5 Å². The number of carbonyl (C=O) groups excluding carboxylic acids is 2. The summed E-state index contributed by atoms with van der Waals surface area (Å²) in [4.78, 5) is 24.7. The zero-order valence-corrected chi connectivity index (χ0v) is 18.0. The second-order valence-corrected chi connectivity index (χ2v) is 7.08. The van der Waals surface area contributed by atoms with Gasteiger partial charge in [-0.15, -0.1) is 0 Å². The molecule has 1 atom stereocenters. The van der Waals surface area contributed by atoms with Gasteiger partial charge in [-0.05, 0) is 69.5 Å². The van der Waals surface area contributed by atoms with E-state index in [4.69, 9.17) is 9.47 Å². The highest BCUT2D eigenvalue weighted by Crippen LogP contribution is 2.30. The molecular formula is C24H31NO4. The van der Waals surface area contributed by atoms with Crippen LogP contribution in [0.2, 0.25) is 0 Å². The first-order chi connectivity index (χ1) is 13.8. The minimum atomic E-state index is -0.200. The van der Waals surface area contributed by atoms with Crippen molar-refractivity contribution < 1.29 is 19.1 Å². The molecule has 0 saturated heterocycles. The highest BCUT2D eigenvalue weighted by atomic mass is 16.5. The monoisotopic (exact) mass is 397 g/mol. The average Bonchev–Trinajstić information content (AvgIpc) is 2.69. The van der Waals surface area contributed by atoms with Crippen LogP contribution >= 0.6 is 0 Å². The second kappa shape index (κ2) is 10.6. The second-order valence-electron chi connectivity index (χ2n) is 7.08. The number of ether oxygens (including phenoxy) is 2. The van der Waals surface area contributed by atoms with E-state index >= 15 is 0 Å². The van der Waals surface area contributed by atoms with Gasteiger partial charge < -0.3 is 14.8 Å². The van der Waals surface area contributed by atoms with Crippen molar-refractivity contribution in [1.29, 1.82) is 0 Å². The Morgan fingerprint density at radius 1 is 0.897 bits per heavy atom. The lowest BCUT2D eigenvalue weighted by atomic mass is 10.0. The molecule has 0 unspecified atom stereocenters. The molecule has 2 rings (SSSR count). The number of amides is 1. The zero-order chi connectivity index (χ0) is 21.4. The Morgan fingerprint density at radius 2 is 1.59 bits per heavy atom. The van der Waals surface area contributed by atoms with Crippen LogP contribution in [-0.4, -0.2) is 24.9 Å². The molecule has 5 nitrogen and oxygen atoms in total. The third kappa shape index (κ3) is 6.34. The third-order valence-electron chi connectivity index (χ3n) is 4.85. The normalized spacial score (nSPS) is 11.6. The first-order valence-corrected chi connectivity index (χ1v) is 10.1. The van der Waals surface area contributed by atoms with Gasteiger partial charge in [-0.25, -0.2) is 0 Å². The van der Waals surface area contributed by atoms with E-state index in [0.717, 1.165) is 16.7 Å². The molecular weight excluding hydrogens is 366 g/mol. The molecule has 1 N–H and O–H groups in total. The fourth-order valence-electron chi connectivity index (χ4n) is 3.02. The van der Waals surface area contributed by atoms with Crippen LogP contribution in [0, 0.1) is 13.8 Å². The largest absolute Gasteiger partial charge is 0.490 e. The van der Waals surface area contributed by atoms with Gasteiger partial charge in [0.2, 0.25) is 5.91 Å². The Labute approximate surface area is 173 Å². The molecule has 0 aromatic heterocycles. The number of ketones is 1. The van der Waals surface area contributed by atoms with Gasteiger partial charge in [0.1, 0.15) is 0 Å². The van der Waals surface area contributed by atoms with Crippen molar-refractivity contribution in [2.75, 3.05) is 13.2 Å². The maximum absolute atomic E-state index is 12.4. The Hall–Kier alpha value is -2.82. The Kier molecular flexibility index (Phi) is 8.25. The van der Waals surface area contributed by atoms with Crippen molar-refractivity contribution in [2.24, 2.45) is 0 Å². The molecule has 29 heavy (non-hydrogen) atoms. The minimum Gasteiger partial charge on any atom is -0.490 e. The summed E-state index contributed by atoms with van der Waals surface area (Å²) in [6.45, 7) is 10.8. The number of carbonyl (C=O) groups is 2. The van der Waals surface area contributed by atoms with E-state index in [-0.39, 0.29) is 30.6 Å². The van der Waals surface area contributed by atoms with Crippen LogP contribution in [-0.2, 0) is 4.79 Å². The standard InChI is InChI=1S/C24H31NO4/c1-6-28-22-12-10-19(15-23(22)29-7-2)18(5)25-24(27)13-11-21(26)20-9-8-16(3)17(4)14-20/h8-10,12,14-15,18H,6-7,11,13H2,1-5H3,(H,25,27)/t18-/m0/s1. The third-order valence-corrected chi connectivity index (χ3v) is 4.85. The van der Waals surface area contributed by atoms with Gasteiger partial charge in [0.15, 0.2) is 17.3 Å². The highest BCUT2D eigenvalue weighted by Gasteiger charge is 2.15. The van der Waals surface area contributed by atoms with Crippen molar-refractivity contribution in [3.8, 4) is 11.5 Å². The lowest BCUT2D eigenvalue weighted by molar-refractivity contribution is -0.121. The summed E-state index contributed by atoms with van der Waals surface area (Å²) in [7, 11) is 0. The van der Waals surface area contributed by atoms with Gasteiger partial charge in [0.05, 0.1) is 19.3 Å². The van der Waals surface area contributed by atoms with Crippen molar-refractivity contribution in [3.05, 3.63) is 58.7 Å². The van der Waals surface area contributed by atoms with Crippen LogP contribution in [0.4, 0.5) is 0 Å². The molecule has 0 aliphatic carbocycles. The molecule has 0 fully saturated rings. The van der Waals surface area contributed by atoms with E-state index in [0.29, 0.717) is 30.3 Å². The van der Waals surface area contributed by atoms with Gasteiger partial charge >= 0.3 is 0 Å². The number of benzene rings is 2. The van der Waals surface area contributed by atoms with Gasteiger partial charge in [-0.1, -0.05) is 18.2 Å². The smallest absolute Gasteiger partial charge is 0.220 e. The number of hydrogen-bond acceptors (Lipinski definition) is 4. The van der Waals surface area contributed by atoms with Crippen molar-refractivity contribution in [3.63, 3.8) is 0 Å². The predicted octanol–water partition coefficient (Wildman–Crippen LogP) is 4.94. The molecule has 2 aromatic carbocycles. The number of nitrogens with one attached hydrogen (secondary N) is 1. The summed E-state index contributed by atoms with van der Waals surface area (Å²) >= 11 is 0. The summed E-state index contributed by atoms with van der Waals surface area (Å²) in [5.74, 6) is 1.19. The van der Waals surface area contributed by atoms with Gasteiger partial charge in [-0.3, -0.25) is 9.59 Å². The molecule has 0 spiro atoms. The molecule has 156 valence electrons. The first-order valence-electron chi connectivity index (χ1n) is 10.1. The zero-order valence-electron chi connectivity index (χ0n) is 18.0. The minimum absolute atomic E-state index is 0.0180. The maximum Gasteiger partial charge on any atom is 0.220 e. The number of rotatable bonds is 10. The lowest BCUT2D eigenvalue weighted by Gasteiger charge is -2.17. The Morgan fingerprint density at radius 3 is 2.24 bits per heavy atom. The van der Waals surface area contributed by atoms with E-state index in [1.807, 2.05) is 71.0 Å². The van der Waals surface area contributed by atoms with Crippen LogP contribution in [0.1, 0.15) is 66.7 Å². The van der Waals surface area contributed by atoms with Gasteiger partial charge in [0, 0.05) is 18.4 Å². The predicted molar refractivity (Wildman–Crippen MR) is 115 cm³/mol. The fraction of sp³-hybridized carbons (Fsp3) is 0.417. The SMILES string of the molecule is CCOc1ccc([C@H](C)NC(=O)CCC(=O)c2ccc(C)c(C)c2)cc1OCC. The topological polar surface area (TPSA) is 64.6 Å². The Bertz CT molecular complexity index is 860. The summed E-state index contributed by atoms with van der Waals surface area (Å²) in [5.41, 5.74) is 3.80. The summed E-state index contributed by atoms with van der Waals surface area (Å²) in [5, 5.41) is 2.96. The van der Waals surface area contributed by atoms with Crippen LogP contribution in [0.25, 0.3) is 0 Å². The highest BCUT2D eigenvalue weighted by molar-refractivity contribution is 5.98. The summed E-state index contributed by atoms with van der Waals surface area (Å²) < 4.78 is 11.2. The Balaban J connectivity index is 1.95. The van der Waals surface area contributed by atoms with Crippen LogP contribution < -0.4 is 14.8 Å². The maximum atomic E-state index is 12.4. The molecule has 5 heteroatoms. The quantitative estimate of drug-likeness (QED) is 0.577. The van der Waals surface area contributed by atoms with Crippen LogP contribution in [0.15, 0.2) is 36.4 Å². The number of Topliss-reactive ketones (excluding diaryl/α,β-unsaturated/α-hetero) is 1. The molecule has 1 amide bonds. The molecule has 0 bridgehead atoms. The molecule has 0 aliphatic rings. The molecule has 2 aromatic rings. The van der Waals surface area contributed by atoms with E-state index in [2.05, 4.69) is 5.32 Å². The van der Waals surface area contributed by atoms with E-state index in [1.165, 1.54) is 0 Å². The fourth-order valence-corrected chi connectivity index (χ4v) is 3.02. The molecule has 0 saturated carbocycles. The number of aryl methyl sites for hydroxylation is 2. The average molecular weight is 398 g/mol. The van der Waals surface area contributed by atoms with Gasteiger partial charge in [0.25, 0.3) is 0 Å². The van der Waals surface area contributed by atoms with E-state index in [1.54, 1.807) is 0 Å².